The lowest BCUT2D eigenvalue weighted by atomic mass is 10.1. The first-order valence-electron chi connectivity index (χ1n) is 6.39. The standard InChI is InChI=1S/C10H18N4O.C2H6/c1-4-13-5-6-14-8(7-13)11-12-9(14)10(2,3)15;1-2/h15H,4-7H2,1-3H3;1-2H3. The first-order chi connectivity index (χ1) is 8.02. The third kappa shape index (κ3) is 3.04. The summed E-state index contributed by atoms with van der Waals surface area (Å²) < 4.78 is 2.03. The monoisotopic (exact) mass is 240 g/mol. The van der Waals surface area contributed by atoms with Gasteiger partial charge in [0.1, 0.15) is 11.4 Å². The van der Waals surface area contributed by atoms with Crippen LogP contribution in [0.1, 0.15) is 46.3 Å². The minimum atomic E-state index is -0.903. The summed E-state index contributed by atoms with van der Waals surface area (Å²) in [5.74, 6) is 1.63. The van der Waals surface area contributed by atoms with Gasteiger partial charge < -0.3 is 9.67 Å². The Morgan fingerprint density at radius 2 is 1.88 bits per heavy atom. The largest absolute Gasteiger partial charge is 0.382 e. The molecule has 98 valence electrons. The Morgan fingerprint density at radius 1 is 1.24 bits per heavy atom. The van der Waals surface area contributed by atoms with Crippen LogP contribution in [-0.2, 0) is 18.7 Å². The van der Waals surface area contributed by atoms with Crippen LogP contribution in [0.5, 0.6) is 0 Å². The Hall–Kier alpha value is -0.940. The quantitative estimate of drug-likeness (QED) is 0.848. The summed E-state index contributed by atoms with van der Waals surface area (Å²) in [5.41, 5.74) is -0.903. The van der Waals surface area contributed by atoms with E-state index in [0.29, 0.717) is 5.82 Å². The summed E-state index contributed by atoms with van der Waals surface area (Å²) >= 11 is 0. The van der Waals surface area contributed by atoms with E-state index in [1.54, 1.807) is 13.8 Å². The fourth-order valence-corrected chi connectivity index (χ4v) is 1.93. The van der Waals surface area contributed by atoms with E-state index in [1.165, 1.54) is 0 Å². The molecule has 0 fully saturated rings. The highest BCUT2D eigenvalue weighted by Gasteiger charge is 2.28. The Kier molecular flexibility index (Phi) is 4.65. The third-order valence-electron chi connectivity index (χ3n) is 2.83. The summed E-state index contributed by atoms with van der Waals surface area (Å²) in [6.45, 7) is 13.4. The lowest BCUT2D eigenvalue weighted by molar-refractivity contribution is 0.0618. The molecular weight excluding hydrogens is 216 g/mol. The molecule has 1 aliphatic rings. The third-order valence-corrected chi connectivity index (χ3v) is 2.83. The van der Waals surface area contributed by atoms with Gasteiger partial charge in [-0.25, -0.2) is 0 Å². The van der Waals surface area contributed by atoms with E-state index in [0.717, 1.165) is 32.0 Å². The van der Waals surface area contributed by atoms with Crippen LogP contribution in [0.25, 0.3) is 0 Å². The van der Waals surface area contributed by atoms with Gasteiger partial charge in [-0.15, -0.1) is 10.2 Å². The fraction of sp³-hybridized carbons (Fsp3) is 0.833. The zero-order valence-electron chi connectivity index (χ0n) is 11.6. The van der Waals surface area contributed by atoms with Gasteiger partial charge in [-0.1, -0.05) is 20.8 Å². The molecule has 1 aromatic heterocycles. The van der Waals surface area contributed by atoms with E-state index in [-0.39, 0.29) is 0 Å². The summed E-state index contributed by atoms with van der Waals surface area (Å²) in [7, 11) is 0. The molecule has 17 heavy (non-hydrogen) atoms. The normalized spacial score (nSPS) is 16.1. The number of hydrogen-bond acceptors (Lipinski definition) is 4. The predicted molar refractivity (Wildman–Crippen MR) is 67.6 cm³/mol. The highest BCUT2D eigenvalue weighted by Crippen LogP contribution is 2.21. The predicted octanol–water partition coefficient (Wildman–Crippen LogP) is 1.37. The van der Waals surface area contributed by atoms with Crippen molar-refractivity contribution in [3.63, 3.8) is 0 Å². The molecule has 2 heterocycles. The molecule has 0 bridgehead atoms. The molecule has 0 spiro atoms. The van der Waals surface area contributed by atoms with Crippen molar-refractivity contribution < 1.29 is 5.11 Å². The molecular formula is C12H24N4O. The smallest absolute Gasteiger partial charge is 0.164 e. The molecule has 5 heteroatoms. The maximum absolute atomic E-state index is 9.92. The van der Waals surface area contributed by atoms with Gasteiger partial charge in [0.2, 0.25) is 0 Å². The molecule has 1 aliphatic heterocycles. The highest BCUT2D eigenvalue weighted by atomic mass is 16.3. The zero-order valence-corrected chi connectivity index (χ0v) is 11.6. The molecule has 2 rings (SSSR count). The maximum Gasteiger partial charge on any atom is 0.164 e. The van der Waals surface area contributed by atoms with Crippen molar-refractivity contribution in [2.75, 3.05) is 13.1 Å². The van der Waals surface area contributed by atoms with Crippen molar-refractivity contribution >= 4 is 0 Å². The maximum atomic E-state index is 9.92. The van der Waals surface area contributed by atoms with Crippen LogP contribution in [0.3, 0.4) is 0 Å². The summed E-state index contributed by atoms with van der Waals surface area (Å²) in [6.07, 6.45) is 0. The molecule has 0 saturated carbocycles. The van der Waals surface area contributed by atoms with Crippen molar-refractivity contribution in [1.29, 1.82) is 0 Å². The minimum absolute atomic E-state index is 0.674. The number of aliphatic hydroxyl groups is 1. The number of aromatic nitrogens is 3. The van der Waals surface area contributed by atoms with Crippen LogP contribution < -0.4 is 0 Å². The Morgan fingerprint density at radius 3 is 2.41 bits per heavy atom. The molecule has 0 saturated heterocycles. The average molecular weight is 240 g/mol. The molecule has 1 aromatic rings. The molecule has 0 radical (unpaired) electrons. The molecule has 0 aliphatic carbocycles. The summed E-state index contributed by atoms with van der Waals surface area (Å²) in [6, 6.07) is 0. The van der Waals surface area contributed by atoms with Gasteiger partial charge in [-0.2, -0.15) is 0 Å². The van der Waals surface area contributed by atoms with Crippen molar-refractivity contribution in [1.82, 2.24) is 19.7 Å². The SMILES string of the molecule is CC.CCN1CCn2c(nnc2C(C)(C)O)C1. The number of nitrogens with zero attached hydrogens (tertiary/aromatic N) is 4. The van der Waals surface area contributed by atoms with Crippen LogP contribution in [0.4, 0.5) is 0 Å². The van der Waals surface area contributed by atoms with E-state index in [1.807, 2.05) is 18.4 Å². The second-order valence-electron chi connectivity index (χ2n) is 4.52. The summed E-state index contributed by atoms with van der Waals surface area (Å²) in [5, 5.41) is 18.1. The van der Waals surface area contributed by atoms with E-state index in [9.17, 15) is 5.11 Å². The lowest BCUT2D eigenvalue weighted by Crippen LogP contribution is -2.35. The Balaban J connectivity index is 0.000000686. The van der Waals surface area contributed by atoms with Gasteiger partial charge >= 0.3 is 0 Å². The Bertz CT molecular complexity index is 354. The topological polar surface area (TPSA) is 54.2 Å². The molecule has 0 unspecified atom stereocenters. The van der Waals surface area contributed by atoms with Crippen molar-refractivity contribution in [3.05, 3.63) is 11.6 Å². The second kappa shape index (κ2) is 5.60. The molecule has 0 amide bonds. The van der Waals surface area contributed by atoms with E-state index in [2.05, 4.69) is 22.0 Å². The van der Waals surface area contributed by atoms with Crippen LogP contribution in [0.15, 0.2) is 0 Å². The van der Waals surface area contributed by atoms with Crippen LogP contribution in [-0.4, -0.2) is 37.9 Å². The van der Waals surface area contributed by atoms with E-state index >= 15 is 0 Å². The van der Waals surface area contributed by atoms with Crippen molar-refractivity contribution in [2.24, 2.45) is 0 Å². The minimum Gasteiger partial charge on any atom is -0.382 e. The van der Waals surface area contributed by atoms with Crippen LogP contribution in [0, 0.1) is 0 Å². The van der Waals surface area contributed by atoms with Gasteiger partial charge in [0.25, 0.3) is 0 Å². The second-order valence-corrected chi connectivity index (χ2v) is 4.52. The van der Waals surface area contributed by atoms with Crippen molar-refractivity contribution in [3.8, 4) is 0 Å². The highest BCUT2D eigenvalue weighted by molar-refractivity contribution is 5.05. The van der Waals surface area contributed by atoms with Gasteiger partial charge in [-0.3, -0.25) is 4.90 Å². The first kappa shape index (κ1) is 14.1. The number of rotatable bonds is 2. The average Bonchev–Trinajstić information content (AvgIpc) is 2.73. The summed E-state index contributed by atoms with van der Waals surface area (Å²) in [4.78, 5) is 2.32. The fourth-order valence-electron chi connectivity index (χ4n) is 1.93. The van der Waals surface area contributed by atoms with Gasteiger partial charge in [-0.05, 0) is 20.4 Å². The molecule has 0 aromatic carbocycles. The molecule has 5 nitrogen and oxygen atoms in total. The zero-order chi connectivity index (χ0) is 13.1. The van der Waals surface area contributed by atoms with Crippen molar-refractivity contribution in [2.45, 2.75) is 53.3 Å². The number of likely N-dealkylation sites (N-methyl/N-ethyl adjacent to an activating group) is 1. The van der Waals surface area contributed by atoms with Gasteiger partial charge in [0, 0.05) is 13.1 Å². The number of hydrogen-bond donors (Lipinski definition) is 1. The van der Waals surface area contributed by atoms with Gasteiger partial charge in [0.15, 0.2) is 5.82 Å². The van der Waals surface area contributed by atoms with E-state index in [4.69, 9.17) is 0 Å². The van der Waals surface area contributed by atoms with Crippen LogP contribution in [0.2, 0.25) is 0 Å². The van der Waals surface area contributed by atoms with Gasteiger partial charge in [0.05, 0.1) is 6.54 Å². The molecule has 0 atom stereocenters. The van der Waals surface area contributed by atoms with Crippen LogP contribution >= 0.6 is 0 Å². The number of fused-ring (bicyclic) bond motifs is 1. The molecule has 1 N–H and O–H groups in total. The lowest BCUT2D eigenvalue weighted by Gasteiger charge is -2.28. The Labute approximate surface area is 103 Å². The first-order valence-corrected chi connectivity index (χ1v) is 6.39. The van der Waals surface area contributed by atoms with E-state index < -0.39 is 5.60 Å².